The van der Waals surface area contributed by atoms with Gasteiger partial charge in [0.1, 0.15) is 0 Å². The van der Waals surface area contributed by atoms with Gasteiger partial charge in [0.05, 0.1) is 12.6 Å². The molecule has 1 aromatic heterocycles. The zero-order valence-electron chi connectivity index (χ0n) is 20.0. The molecular formula is C27H36N6. The molecule has 174 valence electrons. The Bertz CT molecular complexity index is 1020. The van der Waals surface area contributed by atoms with E-state index < -0.39 is 0 Å². The summed E-state index contributed by atoms with van der Waals surface area (Å²) >= 11 is 0. The average molecular weight is 445 g/mol. The van der Waals surface area contributed by atoms with E-state index in [1.807, 2.05) is 4.68 Å². The number of aromatic nitrogens is 4. The van der Waals surface area contributed by atoms with Crippen LogP contribution in [0.2, 0.25) is 0 Å². The maximum absolute atomic E-state index is 4.59. The normalized spacial score (nSPS) is 19.2. The minimum atomic E-state index is 0.172. The number of tetrazole rings is 1. The molecule has 3 aromatic rings. The number of nitrogens with zero attached hydrogens (tertiary/aromatic N) is 6. The molecule has 1 aliphatic carbocycles. The van der Waals surface area contributed by atoms with Crippen molar-refractivity contribution in [1.82, 2.24) is 30.0 Å². The largest absolute Gasteiger partial charge is 0.299 e. The first-order valence-corrected chi connectivity index (χ1v) is 12.5. The van der Waals surface area contributed by atoms with E-state index in [-0.39, 0.29) is 6.04 Å². The van der Waals surface area contributed by atoms with Crippen LogP contribution in [0.5, 0.6) is 0 Å². The monoisotopic (exact) mass is 444 g/mol. The molecule has 6 nitrogen and oxygen atoms in total. The highest BCUT2D eigenvalue weighted by Gasteiger charge is 2.31. The van der Waals surface area contributed by atoms with Crippen LogP contribution < -0.4 is 0 Å². The molecule has 2 aromatic carbocycles. The Morgan fingerprint density at radius 1 is 0.879 bits per heavy atom. The molecule has 0 N–H and O–H groups in total. The third-order valence-electron chi connectivity index (χ3n) is 7.34. The molecule has 2 fully saturated rings. The molecular weight excluding hydrogens is 408 g/mol. The van der Waals surface area contributed by atoms with Gasteiger partial charge >= 0.3 is 0 Å². The molecule has 2 heterocycles. The van der Waals surface area contributed by atoms with Gasteiger partial charge in [-0.25, -0.2) is 4.68 Å². The lowest BCUT2D eigenvalue weighted by Crippen LogP contribution is -2.42. The van der Waals surface area contributed by atoms with Crippen molar-refractivity contribution in [2.75, 3.05) is 26.2 Å². The highest BCUT2D eigenvalue weighted by atomic mass is 15.5. The number of benzene rings is 2. The second-order valence-electron chi connectivity index (χ2n) is 9.91. The van der Waals surface area contributed by atoms with E-state index in [0.29, 0.717) is 6.54 Å². The quantitative estimate of drug-likeness (QED) is 0.547. The molecule has 5 rings (SSSR count). The molecule has 0 radical (unpaired) electrons. The van der Waals surface area contributed by atoms with E-state index >= 15 is 0 Å². The molecule has 1 unspecified atom stereocenters. The van der Waals surface area contributed by atoms with Gasteiger partial charge in [-0.15, -0.1) is 5.10 Å². The van der Waals surface area contributed by atoms with Gasteiger partial charge in [-0.3, -0.25) is 9.80 Å². The fraction of sp³-hybridized carbons (Fsp3) is 0.519. The van der Waals surface area contributed by atoms with Gasteiger partial charge in [0.15, 0.2) is 5.82 Å². The number of hydrogen-bond donors (Lipinski definition) is 0. The van der Waals surface area contributed by atoms with Gasteiger partial charge in [0, 0.05) is 25.7 Å². The van der Waals surface area contributed by atoms with Crippen LogP contribution >= 0.6 is 0 Å². The van der Waals surface area contributed by atoms with Gasteiger partial charge in [0.2, 0.25) is 0 Å². The van der Waals surface area contributed by atoms with Gasteiger partial charge in [-0.05, 0) is 67.6 Å². The van der Waals surface area contributed by atoms with E-state index in [9.17, 15) is 0 Å². The zero-order valence-corrected chi connectivity index (χ0v) is 20.0. The van der Waals surface area contributed by atoms with Gasteiger partial charge in [-0.1, -0.05) is 66.1 Å². The molecule has 1 aliphatic heterocycles. The minimum absolute atomic E-state index is 0.172. The molecule has 0 amide bonds. The molecule has 0 bridgehead atoms. The second-order valence-corrected chi connectivity index (χ2v) is 9.91. The first-order valence-electron chi connectivity index (χ1n) is 12.5. The number of hydrogen-bond acceptors (Lipinski definition) is 5. The third-order valence-corrected chi connectivity index (χ3v) is 7.34. The molecule has 1 atom stereocenters. The van der Waals surface area contributed by atoms with E-state index in [1.165, 1.54) is 54.5 Å². The lowest BCUT2D eigenvalue weighted by atomic mass is 9.91. The summed E-state index contributed by atoms with van der Waals surface area (Å²) in [6, 6.07) is 18.4. The highest BCUT2D eigenvalue weighted by Crippen LogP contribution is 2.29. The summed E-state index contributed by atoms with van der Waals surface area (Å²) in [7, 11) is 0. The van der Waals surface area contributed by atoms with Crippen LogP contribution in [-0.2, 0) is 13.0 Å². The van der Waals surface area contributed by atoms with E-state index in [1.54, 1.807) is 0 Å². The van der Waals surface area contributed by atoms with Crippen LogP contribution in [-0.4, -0.2) is 62.2 Å². The summed E-state index contributed by atoms with van der Waals surface area (Å²) in [5, 5.41) is 13.1. The zero-order chi connectivity index (χ0) is 22.6. The predicted molar refractivity (Wildman–Crippen MR) is 131 cm³/mol. The molecule has 2 aliphatic rings. The maximum atomic E-state index is 4.59. The molecule has 0 spiro atoms. The average Bonchev–Trinajstić information content (AvgIpc) is 3.07. The third kappa shape index (κ3) is 5.33. The smallest absolute Gasteiger partial charge is 0.169 e. The fourth-order valence-corrected chi connectivity index (χ4v) is 5.50. The first-order chi connectivity index (χ1) is 16.2. The van der Waals surface area contributed by atoms with Gasteiger partial charge in [0.25, 0.3) is 0 Å². The van der Waals surface area contributed by atoms with Crippen LogP contribution in [0, 0.1) is 13.8 Å². The van der Waals surface area contributed by atoms with Gasteiger partial charge < -0.3 is 0 Å². The Hall–Kier alpha value is -2.57. The summed E-state index contributed by atoms with van der Waals surface area (Å²) in [5.74, 6) is 0.982. The Labute approximate surface area is 197 Å². The van der Waals surface area contributed by atoms with E-state index in [2.05, 4.69) is 87.7 Å². The van der Waals surface area contributed by atoms with Crippen molar-refractivity contribution in [2.45, 2.75) is 64.6 Å². The fourth-order valence-electron chi connectivity index (χ4n) is 5.50. The lowest BCUT2D eigenvalue weighted by molar-refractivity contribution is 0.124. The maximum Gasteiger partial charge on any atom is 0.169 e. The summed E-state index contributed by atoms with van der Waals surface area (Å²) < 4.78 is 2.01. The van der Waals surface area contributed by atoms with Crippen molar-refractivity contribution in [3.05, 3.63) is 76.6 Å². The Balaban J connectivity index is 1.42. The highest BCUT2D eigenvalue weighted by molar-refractivity contribution is 5.29. The predicted octanol–water partition coefficient (Wildman–Crippen LogP) is 4.18. The summed E-state index contributed by atoms with van der Waals surface area (Å²) in [6.07, 6.45) is 6.29. The van der Waals surface area contributed by atoms with Crippen molar-refractivity contribution in [3.63, 3.8) is 0 Å². The Morgan fingerprint density at radius 3 is 2.39 bits per heavy atom. The van der Waals surface area contributed by atoms with Crippen LogP contribution in [0.25, 0.3) is 0 Å². The van der Waals surface area contributed by atoms with Crippen LogP contribution in [0.3, 0.4) is 0 Å². The Kier molecular flexibility index (Phi) is 6.83. The second kappa shape index (κ2) is 10.1. The minimum Gasteiger partial charge on any atom is -0.299 e. The summed E-state index contributed by atoms with van der Waals surface area (Å²) in [6.45, 7) is 9.61. The standard InChI is InChI=1S/C27H36N6/c1-21-16-22(2)18-24(17-21)19-26(32-13-7-12-31(14-15-32)25-10-6-11-25)27-28-29-30-33(27)20-23-8-4-3-5-9-23/h3-5,8-9,16-18,25-26H,6-7,10-15,19-20H2,1-2H3. The first kappa shape index (κ1) is 22.2. The van der Waals surface area contributed by atoms with Crippen molar-refractivity contribution in [1.29, 1.82) is 0 Å². The van der Waals surface area contributed by atoms with E-state index in [4.69, 9.17) is 0 Å². The summed E-state index contributed by atoms with van der Waals surface area (Å²) in [4.78, 5) is 5.37. The van der Waals surface area contributed by atoms with Crippen LogP contribution in [0.15, 0.2) is 48.5 Å². The molecule has 1 saturated heterocycles. The van der Waals surface area contributed by atoms with Gasteiger partial charge in [-0.2, -0.15) is 0 Å². The molecule has 1 saturated carbocycles. The Morgan fingerprint density at radius 2 is 1.67 bits per heavy atom. The SMILES string of the molecule is Cc1cc(C)cc(CC(c2nnnn2Cc2ccccc2)N2CCCN(C3CCC3)CC2)c1. The number of rotatable bonds is 7. The molecule has 6 heteroatoms. The van der Waals surface area contributed by atoms with Crippen molar-refractivity contribution >= 4 is 0 Å². The molecule has 33 heavy (non-hydrogen) atoms. The number of aryl methyl sites for hydroxylation is 2. The lowest BCUT2D eigenvalue weighted by Gasteiger charge is -2.37. The van der Waals surface area contributed by atoms with Crippen LogP contribution in [0.4, 0.5) is 0 Å². The summed E-state index contributed by atoms with van der Waals surface area (Å²) in [5.41, 5.74) is 5.23. The van der Waals surface area contributed by atoms with Crippen molar-refractivity contribution in [3.8, 4) is 0 Å². The van der Waals surface area contributed by atoms with E-state index in [0.717, 1.165) is 37.9 Å². The van der Waals surface area contributed by atoms with Crippen molar-refractivity contribution < 1.29 is 0 Å². The topological polar surface area (TPSA) is 50.1 Å². The van der Waals surface area contributed by atoms with Crippen molar-refractivity contribution in [2.24, 2.45) is 0 Å². The van der Waals surface area contributed by atoms with Crippen LogP contribution in [0.1, 0.15) is 59.8 Å².